The van der Waals surface area contributed by atoms with Gasteiger partial charge in [-0.25, -0.2) is 13.6 Å². The van der Waals surface area contributed by atoms with Gasteiger partial charge in [0.2, 0.25) is 10.0 Å². The number of ether oxygens (including phenoxy) is 1. The third-order valence-corrected chi connectivity index (χ3v) is 6.25. The molecule has 3 N–H and O–H groups in total. The van der Waals surface area contributed by atoms with Gasteiger partial charge in [-0.05, 0) is 54.0 Å². The fourth-order valence-corrected chi connectivity index (χ4v) is 4.28. The molecule has 0 saturated heterocycles. The molecule has 0 heterocycles. The summed E-state index contributed by atoms with van der Waals surface area (Å²) < 4.78 is 28.5. The number of para-hydroxylation sites is 2. The van der Waals surface area contributed by atoms with Gasteiger partial charge < -0.3 is 10.1 Å². The van der Waals surface area contributed by atoms with Crippen LogP contribution in [0.15, 0.2) is 53.4 Å². The molecular formula is C20H26N2O3S. The standard InChI is InChI=1S/C20H26N2O3S/c1-4-25-18-8-6-5-7-17(18)22-13-16-19(20(16,2)3)14-9-11-15(12-10-14)26(21,23)24/h5-12,16,19,22H,4,13H2,1-3H3,(H2,21,23,24). The fraction of sp³-hybridized carbons (Fsp3) is 0.400. The van der Waals surface area contributed by atoms with Crippen molar-refractivity contribution in [2.75, 3.05) is 18.5 Å². The highest BCUT2D eigenvalue weighted by Crippen LogP contribution is 2.64. The van der Waals surface area contributed by atoms with Crippen molar-refractivity contribution in [3.8, 4) is 5.75 Å². The van der Waals surface area contributed by atoms with Crippen molar-refractivity contribution >= 4 is 15.7 Å². The highest BCUT2D eigenvalue weighted by molar-refractivity contribution is 7.89. The van der Waals surface area contributed by atoms with Crippen molar-refractivity contribution in [1.82, 2.24) is 0 Å². The molecule has 2 unspecified atom stereocenters. The van der Waals surface area contributed by atoms with Gasteiger partial charge in [-0.1, -0.05) is 38.1 Å². The first-order valence-corrected chi connectivity index (χ1v) is 10.4. The average Bonchev–Trinajstić information content (AvgIpc) is 3.14. The number of nitrogens with two attached hydrogens (primary N) is 1. The van der Waals surface area contributed by atoms with E-state index in [0.29, 0.717) is 18.4 Å². The summed E-state index contributed by atoms with van der Waals surface area (Å²) in [4.78, 5) is 0.153. The van der Waals surface area contributed by atoms with Crippen molar-refractivity contribution in [2.24, 2.45) is 16.5 Å². The number of rotatable bonds is 7. The Morgan fingerprint density at radius 1 is 1.12 bits per heavy atom. The quantitative estimate of drug-likeness (QED) is 0.776. The molecule has 2 atom stereocenters. The van der Waals surface area contributed by atoms with Crippen LogP contribution in [-0.2, 0) is 10.0 Å². The minimum atomic E-state index is -3.65. The molecule has 0 spiro atoms. The first-order chi connectivity index (χ1) is 12.2. The molecule has 140 valence electrons. The molecule has 0 bridgehead atoms. The van der Waals surface area contributed by atoms with Gasteiger partial charge in [0.05, 0.1) is 17.2 Å². The molecular weight excluding hydrogens is 348 g/mol. The Morgan fingerprint density at radius 2 is 1.77 bits per heavy atom. The molecule has 0 aliphatic heterocycles. The zero-order valence-electron chi connectivity index (χ0n) is 15.4. The predicted octanol–water partition coefficient (Wildman–Crippen LogP) is 3.58. The van der Waals surface area contributed by atoms with E-state index in [9.17, 15) is 8.42 Å². The summed E-state index contributed by atoms with van der Waals surface area (Å²) in [5.74, 6) is 1.70. The molecule has 1 fully saturated rings. The fourth-order valence-electron chi connectivity index (χ4n) is 3.77. The highest BCUT2D eigenvalue weighted by Gasteiger charge is 2.57. The van der Waals surface area contributed by atoms with Crippen LogP contribution >= 0.6 is 0 Å². The summed E-state index contributed by atoms with van der Waals surface area (Å²) in [7, 11) is -3.65. The zero-order chi connectivity index (χ0) is 18.9. The van der Waals surface area contributed by atoms with Gasteiger partial charge in [0, 0.05) is 6.54 Å². The maximum atomic E-state index is 11.4. The second-order valence-electron chi connectivity index (χ2n) is 7.33. The van der Waals surface area contributed by atoms with E-state index in [-0.39, 0.29) is 10.3 Å². The van der Waals surface area contributed by atoms with E-state index in [1.54, 1.807) is 12.1 Å². The lowest BCUT2D eigenvalue weighted by atomic mass is 10.0. The van der Waals surface area contributed by atoms with Crippen LogP contribution in [-0.4, -0.2) is 21.6 Å². The Hall–Kier alpha value is -2.05. The molecule has 2 aromatic rings. The molecule has 1 aliphatic rings. The Labute approximate surface area is 155 Å². The van der Waals surface area contributed by atoms with Crippen molar-refractivity contribution in [3.63, 3.8) is 0 Å². The van der Waals surface area contributed by atoms with Crippen LogP contribution in [0.5, 0.6) is 5.75 Å². The molecule has 0 amide bonds. The van der Waals surface area contributed by atoms with Crippen LogP contribution in [0.25, 0.3) is 0 Å². The largest absolute Gasteiger partial charge is 0.492 e. The maximum Gasteiger partial charge on any atom is 0.238 e. The number of hydrogen-bond acceptors (Lipinski definition) is 4. The molecule has 6 heteroatoms. The lowest BCUT2D eigenvalue weighted by Gasteiger charge is -2.12. The molecule has 0 radical (unpaired) electrons. The van der Waals surface area contributed by atoms with Crippen LogP contribution in [0.2, 0.25) is 0 Å². The first-order valence-electron chi connectivity index (χ1n) is 8.83. The number of hydrogen-bond donors (Lipinski definition) is 2. The number of nitrogens with one attached hydrogen (secondary N) is 1. The normalized spacial score (nSPS) is 21.2. The van der Waals surface area contributed by atoms with Crippen LogP contribution in [0.1, 0.15) is 32.3 Å². The number of anilines is 1. The van der Waals surface area contributed by atoms with E-state index in [0.717, 1.165) is 23.5 Å². The third kappa shape index (κ3) is 3.71. The van der Waals surface area contributed by atoms with Crippen molar-refractivity contribution < 1.29 is 13.2 Å². The Bertz CT molecular complexity index is 876. The van der Waals surface area contributed by atoms with Crippen LogP contribution < -0.4 is 15.2 Å². The van der Waals surface area contributed by atoms with Gasteiger partial charge in [-0.2, -0.15) is 0 Å². The molecule has 0 aromatic heterocycles. The Morgan fingerprint density at radius 3 is 2.38 bits per heavy atom. The first kappa shape index (κ1) is 18.7. The molecule has 1 saturated carbocycles. The number of benzene rings is 2. The summed E-state index contributed by atoms with van der Waals surface area (Å²) in [5.41, 5.74) is 2.30. The van der Waals surface area contributed by atoms with Gasteiger partial charge in [0.15, 0.2) is 0 Å². The topological polar surface area (TPSA) is 81.4 Å². The van der Waals surface area contributed by atoms with Crippen LogP contribution in [0, 0.1) is 11.3 Å². The predicted molar refractivity (Wildman–Crippen MR) is 104 cm³/mol. The van der Waals surface area contributed by atoms with Crippen molar-refractivity contribution in [1.29, 1.82) is 0 Å². The van der Waals surface area contributed by atoms with Crippen LogP contribution in [0.4, 0.5) is 5.69 Å². The summed E-state index contributed by atoms with van der Waals surface area (Å²) >= 11 is 0. The zero-order valence-corrected chi connectivity index (χ0v) is 16.2. The second kappa shape index (κ2) is 6.93. The number of primary sulfonamides is 1. The Balaban J connectivity index is 1.71. The van der Waals surface area contributed by atoms with E-state index in [2.05, 4.69) is 19.2 Å². The average molecular weight is 375 g/mol. The lowest BCUT2D eigenvalue weighted by Crippen LogP contribution is -2.11. The molecule has 26 heavy (non-hydrogen) atoms. The van der Waals surface area contributed by atoms with Gasteiger partial charge in [0.1, 0.15) is 5.75 Å². The number of sulfonamides is 1. The lowest BCUT2D eigenvalue weighted by molar-refractivity contribution is 0.341. The van der Waals surface area contributed by atoms with Crippen molar-refractivity contribution in [3.05, 3.63) is 54.1 Å². The van der Waals surface area contributed by atoms with E-state index >= 15 is 0 Å². The summed E-state index contributed by atoms with van der Waals surface area (Å²) in [5, 5.41) is 8.69. The maximum absolute atomic E-state index is 11.4. The van der Waals surface area contributed by atoms with E-state index in [1.165, 1.54) is 0 Å². The molecule has 2 aromatic carbocycles. The minimum Gasteiger partial charge on any atom is -0.492 e. The van der Waals surface area contributed by atoms with Crippen molar-refractivity contribution in [2.45, 2.75) is 31.6 Å². The van der Waals surface area contributed by atoms with Gasteiger partial charge in [-0.15, -0.1) is 0 Å². The van der Waals surface area contributed by atoms with E-state index < -0.39 is 10.0 Å². The smallest absolute Gasteiger partial charge is 0.238 e. The summed E-state index contributed by atoms with van der Waals surface area (Å²) in [6.45, 7) is 7.92. The Kier molecular flexibility index (Phi) is 4.99. The van der Waals surface area contributed by atoms with E-state index in [1.807, 2.05) is 43.3 Å². The van der Waals surface area contributed by atoms with Gasteiger partial charge in [0.25, 0.3) is 0 Å². The van der Waals surface area contributed by atoms with Gasteiger partial charge in [-0.3, -0.25) is 0 Å². The van der Waals surface area contributed by atoms with Gasteiger partial charge >= 0.3 is 0 Å². The summed E-state index contributed by atoms with van der Waals surface area (Å²) in [6, 6.07) is 14.9. The molecule has 5 nitrogen and oxygen atoms in total. The molecule has 3 rings (SSSR count). The minimum absolute atomic E-state index is 0.149. The monoisotopic (exact) mass is 374 g/mol. The molecule has 1 aliphatic carbocycles. The SMILES string of the molecule is CCOc1ccccc1NCC1C(c2ccc(S(N)(=O)=O)cc2)C1(C)C. The summed E-state index contributed by atoms with van der Waals surface area (Å²) in [6.07, 6.45) is 0. The third-order valence-electron chi connectivity index (χ3n) is 5.32. The highest BCUT2D eigenvalue weighted by atomic mass is 32.2. The van der Waals surface area contributed by atoms with E-state index in [4.69, 9.17) is 9.88 Å². The second-order valence-corrected chi connectivity index (χ2v) is 8.89. The van der Waals surface area contributed by atoms with Crippen LogP contribution in [0.3, 0.4) is 0 Å².